The third-order valence-corrected chi connectivity index (χ3v) is 28.5. The lowest BCUT2D eigenvalue weighted by Gasteiger charge is -2.30. The summed E-state index contributed by atoms with van der Waals surface area (Å²) in [5.74, 6) is -5.25. The molecule has 2 aromatic carbocycles. The van der Waals surface area contributed by atoms with Gasteiger partial charge >= 0.3 is 72.6 Å². The van der Waals surface area contributed by atoms with E-state index >= 15 is 0 Å². The van der Waals surface area contributed by atoms with Gasteiger partial charge in [-0.05, 0) is 160 Å². The molecule has 147 heavy (non-hydrogen) atoms. The van der Waals surface area contributed by atoms with Crippen molar-refractivity contribution >= 4 is 116 Å². The third kappa shape index (κ3) is 86.6. The molecule has 0 saturated heterocycles. The van der Waals surface area contributed by atoms with Crippen molar-refractivity contribution < 1.29 is 184 Å². The van der Waals surface area contributed by atoms with E-state index in [1.807, 2.05) is 111 Å². The molecule has 858 valence electrons. The predicted octanol–water partition coefficient (Wildman–Crippen LogP) is 12.4. The van der Waals surface area contributed by atoms with E-state index in [4.69, 9.17) is 78.0 Å². The Morgan fingerprint density at radius 1 is 0.442 bits per heavy atom. The highest BCUT2D eigenvalue weighted by Gasteiger charge is 2.33. The quantitative estimate of drug-likeness (QED) is 0.00556. The third-order valence-electron chi connectivity index (χ3n) is 22.6. The van der Waals surface area contributed by atoms with E-state index in [0.29, 0.717) is 94.1 Å². The summed E-state index contributed by atoms with van der Waals surface area (Å²) in [7, 11) is -20.5. The zero-order valence-corrected chi connectivity index (χ0v) is 97.0. The minimum absolute atomic E-state index is 0.0265. The summed E-state index contributed by atoms with van der Waals surface area (Å²) in [6.45, 7) is 56.1. The molecule has 5 unspecified atom stereocenters. The second-order valence-corrected chi connectivity index (χ2v) is 48.5. The van der Waals surface area contributed by atoms with Crippen LogP contribution in [0.3, 0.4) is 0 Å². The summed E-state index contributed by atoms with van der Waals surface area (Å²) >= 11 is 0. The Morgan fingerprint density at radius 3 is 1.03 bits per heavy atom. The second kappa shape index (κ2) is 75.9. The molecule has 51 heteroatoms. The van der Waals surface area contributed by atoms with E-state index in [0.717, 1.165) is 60.8 Å². The molecule has 0 spiro atoms. The normalized spacial score (nSPS) is 12.9. The summed E-state index contributed by atoms with van der Waals surface area (Å²) < 4.78 is 131. The van der Waals surface area contributed by atoms with Gasteiger partial charge in [-0.15, -0.1) is 0 Å². The number of rotatable bonds is 58. The molecular weight excluding hydrogens is 2050 g/mol. The van der Waals surface area contributed by atoms with Gasteiger partial charge in [0.25, 0.3) is 10.1 Å². The Bertz CT molecular complexity index is 4590. The van der Waals surface area contributed by atoms with Crippen LogP contribution in [-0.4, -0.2) is 301 Å². The van der Waals surface area contributed by atoms with Gasteiger partial charge in [0.2, 0.25) is 23.6 Å². The lowest BCUT2D eigenvalue weighted by atomic mass is 9.89. The predicted molar refractivity (Wildman–Crippen MR) is 560 cm³/mol. The lowest BCUT2D eigenvalue weighted by Crippen LogP contribution is -2.49. The first-order chi connectivity index (χ1) is 66.8. The number of benzene rings is 2. The Labute approximate surface area is 872 Å². The number of ether oxygens (including phenoxy) is 4. The number of carbonyl (C=O) groups excluding carboxylic acids is 8. The first-order valence-electron chi connectivity index (χ1n) is 48.4. The maximum Gasteiger partial charge on any atom is 0.469 e. The van der Waals surface area contributed by atoms with Gasteiger partial charge in [0.15, 0.2) is 0 Å². The number of phosphoric acid groups is 2. The number of aliphatic carboxylic acids is 3. The van der Waals surface area contributed by atoms with Gasteiger partial charge in [0.1, 0.15) is 26.4 Å². The SMILES string of the molecule is C=C(C)C(=O)OCCNC(=O)C(C)(C)CC.C=C(C)C(=O)OCCNC(=O)CN(CC(=O)O)Cc1ccc(C(C)CC)cc1.CCC(C)(C)C(=O)NCCC[N+](C)(C)CCCCS(=O)(=O)[O-].CCC(C)(C)C(=O)OCCOP(=O)(O)O.CCC(C)(C)C(=O)OCCOP(=O)(O)O.CCC(C)C(=O)NC(C)(C)CS(=O)(=O)O.CCC(C)P(=O)(O)O.CCC(C)P(=O)(O)O.CCC(C)c1ccc(CN(CC(=O)O)CC(=O)O)cc1. The van der Waals surface area contributed by atoms with E-state index < -0.39 is 126 Å². The van der Waals surface area contributed by atoms with Gasteiger partial charge in [0.05, 0.1) is 123 Å². The molecule has 0 radical (unpaired) electrons. The number of nitrogens with zero attached hydrogens (tertiary/aromatic N) is 3. The molecule has 0 aliphatic carbocycles. The molecule has 45 nitrogen and oxygen atoms in total. The molecule has 0 aliphatic rings. The summed E-state index contributed by atoms with van der Waals surface area (Å²) in [4.78, 5) is 195. The summed E-state index contributed by atoms with van der Waals surface area (Å²) in [5.41, 5.74) is 1.20. The summed E-state index contributed by atoms with van der Waals surface area (Å²) in [6.07, 6.45) is 8.69. The summed E-state index contributed by atoms with van der Waals surface area (Å²) in [6, 6.07) is 15.9. The first kappa shape index (κ1) is 152. The number of hydrogen-bond acceptors (Lipinski definition) is 28. The average molecular weight is 2230 g/mol. The van der Waals surface area contributed by atoms with Crippen molar-refractivity contribution in [2.24, 2.45) is 27.6 Å². The Kier molecular flexibility index (Phi) is 78.6. The Morgan fingerprint density at radius 2 is 0.762 bits per heavy atom. The van der Waals surface area contributed by atoms with Gasteiger partial charge < -0.3 is 104 Å². The zero-order valence-electron chi connectivity index (χ0n) is 91.8. The largest absolute Gasteiger partial charge is 0.748 e. The first-order valence-corrected chi connectivity index (χ1v) is 58.0. The van der Waals surface area contributed by atoms with E-state index in [1.165, 1.54) is 16.0 Å². The standard InChI is InChI=1S/C21H30N2O5.C15H32N2O4S.C15H21NO4.C12H21NO3.C9H19NO4S.2C8H17O6P.2C4H11O3P/c1-5-16(4)18-8-6-17(7-9-18)12-23(14-20(25)26)13-19(24)22-10-11-28-21(27)15(2)3;1-6-15(2,3)14(18)16-10-9-12-17(4,5)11-7-8-13-22(19,20)21;1-3-11(2)13-6-4-12(5-7-13)8-16(9-14(17)18)10-15(19)20;1-6-12(4,5)11(15)13-7-8-16-10(14)9(2)3;1-5-7(2)8(11)10-9(3,4)6-15(12,13)14;2*1-4-8(2,3)7(9)13-5-6-14-15(10,11)12;2*1-3-4(2)8(5,6)7/h6-9,16H,2,5,10-14H2,1,3-4H3,(H,22,24)(H,25,26);6-13H2,1-5H3,(H-,16,18,19,20,21);4-7,11H,3,8-10H2,1-2H3,(H,17,18)(H,19,20);2,6-8H2,1,3-5H3,(H,13,15);7H,5-6H2,1-4H3,(H,10,11)(H,12,13,14);2*4-6H2,1-3H3,(H2,10,11,12);2*4H,3H2,1-2H3,(H2,5,6,7). The van der Waals surface area contributed by atoms with Crippen molar-refractivity contribution in [2.45, 2.75) is 299 Å². The average Bonchev–Trinajstić information content (AvgIpc) is 0.863. The van der Waals surface area contributed by atoms with Crippen LogP contribution in [0.15, 0.2) is 72.8 Å². The van der Waals surface area contributed by atoms with Crippen LogP contribution in [0.2, 0.25) is 0 Å². The number of esters is 4. The maximum absolute atomic E-state index is 12.1. The van der Waals surface area contributed by atoms with E-state index in [-0.39, 0.29) is 118 Å². The molecule has 0 aromatic heterocycles. The van der Waals surface area contributed by atoms with Crippen LogP contribution in [0.1, 0.15) is 291 Å². The molecule has 4 amide bonds. The number of carbonyl (C=O) groups is 11. The highest BCUT2D eigenvalue weighted by molar-refractivity contribution is 7.86. The summed E-state index contributed by atoms with van der Waals surface area (Å²) in [5, 5.41) is 37.6. The number of amides is 4. The van der Waals surface area contributed by atoms with Crippen molar-refractivity contribution in [2.75, 3.05) is 124 Å². The lowest BCUT2D eigenvalue weighted by molar-refractivity contribution is -0.890. The van der Waals surface area contributed by atoms with Crippen molar-refractivity contribution in [1.29, 1.82) is 0 Å². The maximum atomic E-state index is 12.1. The Hall–Kier alpha value is -7.69. The fourth-order valence-corrected chi connectivity index (χ4v) is 13.4. The zero-order chi connectivity index (χ0) is 117. The minimum Gasteiger partial charge on any atom is -0.748 e. The highest BCUT2D eigenvalue weighted by atomic mass is 32.2. The monoisotopic (exact) mass is 2230 g/mol. The van der Waals surface area contributed by atoms with E-state index in [2.05, 4.69) is 85.3 Å². The number of quaternary nitrogens is 1. The topological polar surface area (TPSA) is 700 Å². The molecular formula is C96H179N7O38P4S2. The molecule has 0 aliphatic heterocycles. The number of unbranched alkanes of at least 4 members (excludes halogenated alkanes) is 1. The molecule has 5 atom stereocenters. The van der Waals surface area contributed by atoms with Gasteiger partial charge in [-0.2, -0.15) is 8.42 Å². The Balaban J connectivity index is -0.000000306. The number of hydrogen-bond donors (Lipinski definition) is 16. The molecule has 0 fully saturated rings. The minimum atomic E-state index is -4.46. The molecule has 2 rings (SSSR count). The fraction of sp³-hybridized carbons (Fsp3) is 0.719. The van der Waals surface area contributed by atoms with Crippen LogP contribution >= 0.6 is 30.8 Å². The fourth-order valence-electron chi connectivity index (χ4n) is 10.3. The van der Waals surface area contributed by atoms with Crippen LogP contribution in [0.25, 0.3) is 0 Å². The van der Waals surface area contributed by atoms with Crippen molar-refractivity contribution in [3.8, 4) is 0 Å². The van der Waals surface area contributed by atoms with Crippen molar-refractivity contribution in [3.05, 3.63) is 95.1 Å². The van der Waals surface area contributed by atoms with Gasteiger partial charge in [-0.25, -0.2) is 27.1 Å². The highest BCUT2D eigenvalue weighted by Crippen LogP contribution is 2.43. The van der Waals surface area contributed by atoms with Crippen LogP contribution < -0.4 is 21.3 Å². The second-order valence-electron chi connectivity index (χ2n) is 38.9. The molecule has 0 saturated carbocycles. The van der Waals surface area contributed by atoms with Crippen LogP contribution in [0.5, 0.6) is 0 Å². The van der Waals surface area contributed by atoms with E-state index in [1.54, 1.807) is 94.9 Å². The molecule has 0 bridgehead atoms. The molecule has 16 N–H and O–H groups in total. The number of carboxylic acid groups (broad SMARTS) is 3. The van der Waals surface area contributed by atoms with E-state index in [9.17, 15) is 92.4 Å². The van der Waals surface area contributed by atoms with Gasteiger partial charge in [-0.1, -0.05) is 186 Å². The van der Waals surface area contributed by atoms with Crippen LogP contribution in [0.4, 0.5) is 0 Å². The molecule has 2 aromatic rings. The smallest absolute Gasteiger partial charge is 0.469 e. The van der Waals surface area contributed by atoms with Crippen LogP contribution in [-0.2, 0) is 132 Å². The van der Waals surface area contributed by atoms with Gasteiger partial charge in [-0.3, -0.25) is 75.7 Å². The van der Waals surface area contributed by atoms with Crippen molar-refractivity contribution in [1.82, 2.24) is 31.1 Å². The number of nitrogens with one attached hydrogen (secondary N) is 4. The van der Waals surface area contributed by atoms with Crippen LogP contribution in [0, 0.1) is 27.6 Å². The van der Waals surface area contributed by atoms with Crippen molar-refractivity contribution in [3.63, 3.8) is 0 Å². The van der Waals surface area contributed by atoms with Gasteiger partial charge in [0, 0.05) is 59.7 Å². The number of carboxylic acids is 3. The number of phosphoric ester groups is 2. The molecule has 0 heterocycles.